The first-order valence-electron chi connectivity index (χ1n) is 10.0. The van der Waals surface area contributed by atoms with Gasteiger partial charge in [-0.2, -0.15) is 5.10 Å². The van der Waals surface area contributed by atoms with Crippen LogP contribution in [0.5, 0.6) is 0 Å². The number of hydrogen-bond acceptors (Lipinski definition) is 8. The Balaban J connectivity index is 1.90. The van der Waals surface area contributed by atoms with Crippen molar-refractivity contribution in [3.63, 3.8) is 0 Å². The average molecular weight is 417 g/mol. The molecule has 0 spiro atoms. The molecule has 0 aliphatic carbocycles. The lowest BCUT2D eigenvalue weighted by molar-refractivity contribution is -0.146. The van der Waals surface area contributed by atoms with Crippen molar-refractivity contribution < 1.29 is 19.2 Å². The topological polar surface area (TPSA) is 158 Å². The molecule has 2 aliphatic rings. The van der Waals surface area contributed by atoms with Gasteiger partial charge in [0.1, 0.15) is 11.9 Å². The highest BCUT2D eigenvalue weighted by Gasteiger charge is 2.42. The third kappa shape index (κ3) is 4.11. The molecule has 30 heavy (non-hydrogen) atoms. The molecule has 11 nitrogen and oxygen atoms in total. The summed E-state index contributed by atoms with van der Waals surface area (Å²) in [6, 6.07) is -0.555. The van der Waals surface area contributed by atoms with Gasteiger partial charge in [0.05, 0.1) is 18.5 Å². The Labute approximate surface area is 174 Å². The first-order chi connectivity index (χ1) is 14.2. The maximum Gasteiger partial charge on any atom is 0.265 e. The second kappa shape index (κ2) is 8.74. The zero-order valence-electron chi connectivity index (χ0n) is 17.2. The second-order valence-corrected chi connectivity index (χ2v) is 7.62. The molecule has 0 radical (unpaired) electrons. The first-order valence-corrected chi connectivity index (χ1v) is 10.0. The number of likely N-dealkylation sites (N-methyl/N-ethyl adjacent to an activating group) is 1. The van der Waals surface area contributed by atoms with Crippen LogP contribution in [0.1, 0.15) is 32.0 Å². The standard InChI is InChI=1S/C19H27N7O4/c1-3-26-18(29)11(8-14-22-10-24(2)23-14)16(20)15(19(26)30)13(27)9-25-7-5-4-6-12(25)17(21)28/h10-12H,3-9,20H2,1-2H3,(H2,21,28)/t11?,12-/m1/s1. The quantitative estimate of drug-likeness (QED) is 0.400. The number of Topliss-reactive ketones (excluding diaryl/α,β-unsaturated/α-hetero) is 1. The van der Waals surface area contributed by atoms with Crippen LogP contribution in [-0.4, -0.2) is 73.7 Å². The van der Waals surface area contributed by atoms with Gasteiger partial charge in [0, 0.05) is 25.7 Å². The molecule has 1 aromatic heterocycles. The van der Waals surface area contributed by atoms with Gasteiger partial charge in [0.15, 0.2) is 11.6 Å². The number of hydrogen-bond donors (Lipinski definition) is 2. The smallest absolute Gasteiger partial charge is 0.265 e. The van der Waals surface area contributed by atoms with Crippen molar-refractivity contribution in [3.8, 4) is 0 Å². The van der Waals surface area contributed by atoms with Gasteiger partial charge in [-0.15, -0.1) is 0 Å². The number of amides is 3. The van der Waals surface area contributed by atoms with Crippen molar-refractivity contribution in [3.05, 3.63) is 23.4 Å². The lowest BCUT2D eigenvalue weighted by Gasteiger charge is -2.35. The van der Waals surface area contributed by atoms with Gasteiger partial charge in [-0.3, -0.25) is 33.7 Å². The maximum atomic E-state index is 13.1. The van der Waals surface area contributed by atoms with Crippen LogP contribution >= 0.6 is 0 Å². The number of imide groups is 1. The van der Waals surface area contributed by atoms with E-state index in [1.165, 1.54) is 11.0 Å². The number of primary amides is 1. The van der Waals surface area contributed by atoms with Gasteiger partial charge in [-0.1, -0.05) is 6.42 Å². The SMILES string of the molecule is CCN1C(=O)C(C(=O)CN2CCCC[C@@H]2C(N)=O)=C(N)C(Cc2ncn(C)n2)C1=O. The average Bonchev–Trinajstić information content (AvgIpc) is 3.10. The predicted molar refractivity (Wildman–Crippen MR) is 105 cm³/mol. The summed E-state index contributed by atoms with van der Waals surface area (Å²) in [6.45, 7) is 2.14. The number of carbonyl (C=O) groups excluding carboxylic acids is 4. The van der Waals surface area contributed by atoms with E-state index in [-0.39, 0.29) is 30.8 Å². The largest absolute Gasteiger partial charge is 0.401 e. The van der Waals surface area contributed by atoms with E-state index in [9.17, 15) is 19.2 Å². The van der Waals surface area contributed by atoms with Crippen LogP contribution in [0.3, 0.4) is 0 Å². The minimum atomic E-state index is -0.905. The Bertz CT molecular complexity index is 906. The Kier molecular flexibility index (Phi) is 6.30. The monoisotopic (exact) mass is 417 g/mol. The fraction of sp³-hybridized carbons (Fsp3) is 0.579. The van der Waals surface area contributed by atoms with Gasteiger partial charge in [-0.05, 0) is 26.3 Å². The van der Waals surface area contributed by atoms with Crippen LogP contribution in [0.25, 0.3) is 0 Å². The highest BCUT2D eigenvalue weighted by molar-refractivity contribution is 6.25. The first kappa shape index (κ1) is 21.6. The van der Waals surface area contributed by atoms with Crippen molar-refractivity contribution in [1.82, 2.24) is 24.6 Å². The summed E-state index contributed by atoms with van der Waals surface area (Å²) in [5.74, 6) is -2.71. The number of nitrogens with two attached hydrogens (primary N) is 2. The minimum absolute atomic E-state index is 0.0696. The van der Waals surface area contributed by atoms with E-state index < -0.39 is 35.5 Å². The van der Waals surface area contributed by atoms with Crippen LogP contribution in [0.4, 0.5) is 0 Å². The van der Waals surface area contributed by atoms with Crippen molar-refractivity contribution >= 4 is 23.5 Å². The second-order valence-electron chi connectivity index (χ2n) is 7.62. The van der Waals surface area contributed by atoms with Gasteiger partial charge in [-0.25, -0.2) is 4.98 Å². The Morgan fingerprint density at radius 2 is 2.00 bits per heavy atom. The number of nitrogens with zero attached hydrogens (tertiary/aromatic N) is 5. The van der Waals surface area contributed by atoms with E-state index in [0.29, 0.717) is 18.8 Å². The summed E-state index contributed by atoms with van der Waals surface area (Å²) in [6.07, 6.45) is 3.82. The fourth-order valence-electron chi connectivity index (χ4n) is 4.06. The summed E-state index contributed by atoms with van der Waals surface area (Å²) < 4.78 is 1.50. The minimum Gasteiger partial charge on any atom is -0.401 e. The van der Waals surface area contributed by atoms with Crippen molar-refractivity contribution in [2.45, 2.75) is 38.6 Å². The molecule has 1 fully saturated rings. The Morgan fingerprint density at radius 3 is 2.60 bits per heavy atom. The van der Waals surface area contributed by atoms with Gasteiger partial charge in [0.2, 0.25) is 11.8 Å². The molecule has 2 aliphatic heterocycles. The number of carbonyl (C=O) groups is 4. The molecule has 0 aromatic carbocycles. The van der Waals surface area contributed by atoms with E-state index in [4.69, 9.17) is 11.5 Å². The third-order valence-electron chi connectivity index (χ3n) is 5.60. The van der Waals surface area contributed by atoms with Gasteiger partial charge < -0.3 is 11.5 Å². The highest BCUT2D eigenvalue weighted by Crippen LogP contribution is 2.27. The third-order valence-corrected chi connectivity index (χ3v) is 5.60. The molecule has 0 saturated carbocycles. The van der Waals surface area contributed by atoms with E-state index in [1.54, 1.807) is 18.9 Å². The van der Waals surface area contributed by atoms with Crippen molar-refractivity contribution in [2.75, 3.05) is 19.6 Å². The molecule has 162 valence electrons. The number of aromatic nitrogens is 3. The lowest BCUT2D eigenvalue weighted by Crippen LogP contribution is -2.53. The zero-order chi connectivity index (χ0) is 22.0. The molecule has 11 heteroatoms. The molecule has 3 heterocycles. The summed E-state index contributed by atoms with van der Waals surface area (Å²) >= 11 is 0. The molecular formula is C19H27N7O4. The number of likely N-dealkylation sites (tertiary alicyclic amines) is 1. The summed E-state index contributed by atoms with van der Waals surface area (Å²) in [4.78, 5) is 57.4. The van der Waals surface area contributed by atoms with Crippen LogP contribution in [0, 0.1) is 5.92 Å². The number of ketones is 1. The van der Waals surface area contributed by atoms with Gasteiger partial charge in [0.25, 0.3) is 5.91 Å². The van der Waals surface area contributed by atoms with E-state index in [1.807, 2.05) is 0 Å². The maximum absolute atomic E-state index is 13.1. The summed E-state index contributed by atoms with van der Waals surface area (Å²) in [7, 11) is 1.70. The molecule has 2 atom stereocenters. The van der Waals surface area contributed by atoms with Gasteiger partial charge >= 0.3 is 0 Å². The van der Waals surface area contributed by atoms with Crippen LogP contribution in [-0.2, 0) is 32.6 Å². The number of aryl methyl sites for hydroxylation is 1. The highest BCUT2D eigenvalue weighted by atomic mass is 16.2. The van der Waals surface area contributed by atoms with E-state index >= 15 is 0 Å². The van der Waals surface area contributed by atoms with E-state index in [2.05, 4.69) is 10.1 Å². The lowest BCUT2D eigenvalue weighted by atomic mass is 9.88. The molecule has 3 rings (SSSR count). The molecule has 4 N–H and O–H groups in total. The molecule has 1 unspecified atom stereocenters. The molecule has 1 aromatic rings. The number of rotatable bonds is 7. The predicted octanol–water partition coefficient (Wildman–Crippen LogP) is -1.52. The Hall–Kier alpha value is -3.08. The van der Waals surface area contributed by atoms with Crippen molar-refractivity contribution in [1.29, 1.82) is 0 Å². The normalized spacial score (nSPS) is 23.2. The Morgan fingerprint density at radius 1 is 1.27 bits per heavy atom. The summed E-state index contributed by atoms with van der Waals surface area (Å²) in [5, 5.41) is 4.16. The van der Waals surface area contributed by atoms with Crippen LogP contribution in [0.15, 0.2) is 17.6 Å². The van der Waals surface area contributed by atoms with Crippen LogP contribution in [0.2, 0.25) is 0 Å². The summed E-state index contributed by atoms with van der Waals surface area (Å²) in [5.41, 5.74) is 11.4. The molecular weight excluding hydrogens is 390 g/mol. The molecule has 1 saturated heterocycles. The fourth-order valence-corrected chi connectivity index (χ4v) is 4.06. The van der Waals surface area contributed by atoms with Crippen molar-refractivity contribution in [2.24, 2.45) is 24.4 Å². The molecule has 0 bridgehead atoms. The zero-order valence-corrected chi connectivity index (χ0v) is 17.2. The van der Waals surface area contributed by atoms with Crippen LogP contribution < -0.4 is 11.5 Å². The number of piperidine rings is 1. The van der Waals surface area contributed by atoms with E-state index in [0.717, 1.165) is 17.7 Å². The molecule has 3 amide bonds.